The Morgan fingerprint density at radius 2 is 1.73 bits per heavy atom. The van der Waals surface area contributed by atoms with Crippen LogP contribution in [0.1, 0.15) is 45.6 Å². The Bertz CT molecular complexity index is 271. The molecular formula is C14H23N. The molecule has 1 nitrogen and oxygen atoms in total. The Morgan fingerprint density at radius 1 is 1.13 bits per heavy atom. The fourth-order valence-corrected chi connectivity index (χ4v) is 1.61. The molecule has 1 aromatic rings. The van der Waals surface area contributed by atoms with Gasteiger partial charge in [-0.15, -0.1) is 0 Å². The fraction of sp³-hybridized carbons (Fsp3) is 0.571. The highest BCUT2D eigenvalue weighted by atomic mass is 14.9. The maximum absolute atomic E-state index is 3.52. The Balaban J connectivity index is 2.34. The SMILES string of the molecule is CC(CCNC(C)(C)C)c1ccccc1. The summed E-state index contributed by atoms with van der Waals surface area (Å²) in [6.07, 6.45) is 1.20. The molecule has 1 N–H and O–H groups in total. The molecule has 15 heavy (non-hydrogen) atoms. The number of rotatable bonds is 4. The standard InChI is InChI=1S/C14H23N/c1-12(10-11-15-14(2,3)4)13-8-6-5-7-9-13/h5-9,12,15H,10-11H2,1-4H3. The van der Waals surface area contributed by atoms with Crippen molar-refractivity contribution < 1.29 is 0 Å². The highest BCUT2D eigenvalue weighted by Crippen LogP contribution is 2.17. The van der Waals surface area contributed by atoms with E-state index in [9.17, 15) is 0 Å². The van der Waals surface area contributed by atoms with Crippen LogP contribution in [0.3, 0.4) is 0 Å². The predicted molar refractivity (Wildman–Crippen MR) is 67.2 cm³/mol. The van der Waals surface area contributed by atoms with Crippen molar-refractivity contribution in [3.63, 3.8) is 0 Å². The molecule has 0 aromatic heterocycles. The van der Waals surface area contributed by atoms with E-state index in [1.807, 2.05) is 0 Å². The molecule has 0 spiro atoms. The van der Waals surface area contributed by atoms with Crippen molar-refractivity contribution >= 4 is 0 Å². The van der Waals surface area contributed by atoms with E-state index in [0.29, 0.717) is 5.92 Å². The lowest BCUT2D eigenvalue weighted by atomic mass is 9.97. The van der Waals surface area contributed by atoms with Crippen LogP contribution in [0.4, 0.5) is 0 Å². The molecule has 0 aliphatic rings. The first kappa shape index (κ1) is 12.3. The van der Waals surface area contributed by atoms with Crippen LogP contribution in [-0.4, -0.2) is 12.1 Å². The van der Waals surface area contributed by atoms with Gasteiger partial charge in [0.15, 0.2) is 0 Å². The highest BCUT2D eigenvalue weighted by Gasteiger charge is 2.10. The molecule has 0 bridgehead atoms. The lowest BCUT2D eigenvalue weighted by Gasteiger charge is -2.22. The maximum Gasteiger partial charge on any atom is 0.00965 e. The van der Waals surface area contributed by atoms with Crippen molar-refractivity contribution in [2.24, 2.45) is 0 Å². The van der Waals surface area contributed by atoms with Crippen LogP contribution < -0.4 is 5.32 Å². The summed E-state index contributed by atoms with van der Waals surface area (Å²) in [5.41, 5.74) is 1.67. The van der Waals surface area contributed by atoms with Gasteiger partial charge in [0.1, 0.15) is 0 Å². The van der Waals surface area contributed by atoms with Crippen LogP contribution in [0.15, 0.2) is 30.3 Å². The predicted octanol–water partition coefficient (Wildman–Crippen LogP) is 3.57. The van der Waals surface area contributed by atoms with Crippen molar-refractivity contribution in [2.75, 3.05) is 6.54 Å². The van der Waals surface area contributed by atoms with E-state index in [1.165, 1.54) is 12.0 Å². The van der Waals surface area contributed by atoms with Crippen LogP contribution >= 0.6 is 0 Å². The first-order valence-corrected chi connectivity index (χ1v) is 5.79. The minimum absolute atomic E-state index is 0.233. The van der Waals surface area contributed by atoms with E-state index in [2.05, 4.69) is 63.3 Å². The van der Waals surface area contributed by atoms with Gasteiger partial charge in [0, 0.05) is 5.54 Å². The van der Waals surface area contributed by atoms with Gasteiger partial charge < -0.3 is 5.32 Å². The van der Waals surface area contributed by atoms with Crippen LogP contribution in [0.5, 0.6) is 0 Å². The number of benzene rings is 1. The van der Waals surface area contributed by atoms with E-state index < -0.39 is 0 Å². The van der Waals surface area contributed by atoms with E-state index >= 15 is 0 Å². The Labute approximate surface area is 93.9 Å². The summed E-state index contributed by atoms with van der Waals surface area (Å²) in [6, 6.07) is 10.7. The van der Waals surface area contributed by atoms with Crippen LogP contribution in [0.25, 0.3) is 0 Å². The van der Waals surface area contributed by atoms with E-state index in [1.54, 1.807) is 0 Å². The molecule has 0 aliphatic carbocycles. The third-order valence-corrected chi connectivity index (χ3v) is 2.60. The van der Waals surface area contributed by atoms with Crippen LogP contribution in [0.2, 0.25) is 0 Å². The smallest absolute Gasteiger partial charge is 0.00965 e. The molecule has 0 saturated carbocycles. The molecule has 0 heterocycles. The van der Waals surface area contributed by atoms with Gasteiger partial charge in [-0.25, -0.2) is 0 Å². The molecule has 0 amide bonds. The van der Waals surface area contributed by atoms with Gasteiger partial charge in [0.2, 0.25) is 0 Å². The Kier molecular flexibility index (Phi) is 4.34. The van der Waals surface area contributed by atoms with E-state index in [-0.39, 0.29) is 5.54 Å². The molecule has 1 rings (SSSR count). The minimum atomic E-state index is 0.233. The van der Waals surface area contributed by atoms with Crippen molar-refractivity contribution in [1.82, 2.24) is 5.32 Å². The molecule has 0 fully saturated rings. The average Bonchev–Trinajstić information content (AvgIpc) is 2.17. The summed E-state index contributed by atoms with van der Waals surface area (Å²) < 4.78 is 0. The van der Waals surface area contributed by atoms with Gasteiger partial charge in [-0.1, -0.05) is 37.3 Å². The zero-order valence-electron chi connectivity index (χ0n) is 10.4. The van der Waals surface area contributed by atoms with Gasteiger partial charge in [0.05, 0.1) is 0 Å². The lowest BCUT2D eigenvalue weighted by molar-refractivity contribution is 0.413. The van der Waals surface area contributed by atoms with E-state index in [4.69, 9.17) is 0 Å². The first-order valence-electron chi connectivity index (χ1n) is 5.79. The Morgan fingerprint density at radius 3 is 2.27 bits per heavy atom. The van der Waals surface area contributed by atoms with Crippen molar-refractivity contribution in [3.05, 3.63) is 35.9 Å². The topological polar surface area (TPSA) is 12.0 Å². The molecule has 84 valence electrons. The number of nitrogens with one attached hydrogen (secondary N) is 1. The molecule has 1 unspecified atom stereocenters. The second-order valence-corrected chi connectivity index (χ2v) is 5.28. The first-order chi connectivity index (χ1) is 6.99. The van der Waals surface area contributed by atoms with Crippen LogP contribution in [-0.2, 0) is 0 Å². The van der Waals surface area contributed by atoms with Gasteiger partial charge in [0.25, 0.3) is 0 Å². The largest absolute Gasteiger partial charge is 0.312 e. The summed E-state index contributed by atoms with van der Waals surface area (Å²) in [7, 11) is 0. The average molecular weight is 205 g/mol. The normalized spacial score (nSPS) is 13.9. The number of hydrogen-bond acceptors (Lipinski definition) is 1. The fourth-order valence-electron chi connectivity index (χ4n) is 1.61. The monoisotopic (exact) mass is 205 g/mol. The van der Waals surface area contributed by atoms with Crippen molar-refractivity contribution in [1.29, 1.82) is 0 Å². The molecule has 1 aromatic carbocycles. The second-order valence-electron chi connectivity index (χ2n) is 5.28. The summed E-state index contributed by atoms with van der Waals surface area (Å²) in [5, 5.41) is 3.52. The Hall–Kier alpha value is -0.820. The minimum Gasteiger partial charge on any atom is -0.312 e. The second kappa shape index (κ2) is 5.32. The van der Waals surface area contributed by atoms with Gasteiger partial charge in [-0.3, -0.25) is 0 Å². The summed E-state index contributed by atoms with van der Waals surface area (Å²) in [5.74, 6) is 0.640. The third kappa shape index (κ3) is 4.98. The zero-order chi connectivity index (χ0) is 11.3. The van der Waals surface area contributed by atoms with Gasteiger partial charge in [-0.05, 0) is 45.2 Å². The third-order valence-electron chi connectivity index (χ3n) is 2.60. The van der Waals surface area contributed by atoms with Crippen LogP contribution in [0, 0.1) is 0 Å². The summed E-state index contributed by atoms with van der Waals surface area (Å²) in [6.45, 7) is 10.00. The molecule has 1 atom stereocenters. The van der Waals surface area contributed by atoms with Crippen molar-refractivity contribution in [2.45, 2.75) is 45.6 Å². The molecular weight excluding hydrogens is 182 g/mol. The summed E-state index contributed by atoms with van der Waals surface area (Å²) >= 11 is 0. The zero-order valence-corrected chi connectivity index (χ0v) is 10.4. The van der Waals surface area contributed by atoms with Gasteiger partial charge in [-0.2, -0.15) is 0 Å². The quantitative estimate of drug-likeness (QED) is 0.792. The maximum atomic E-state index is 3.52. The molecule has 0 radical (unpaired) electrons. The van der Waals surface area contributed by atoms with E-state index in [0.717, 1.165) is 6.54 Å². The molecule has 1 heteroatoms. The van der Waals surface area contributed by atoms with Crippen molar-refractivity contribution in [3.8, 4) is 0 Å². The van der Waals surface area contributed by atoms with Gasteiger partial charge >= 0.3 is 0 Å². The molecule has 0 saturated heterocycles. The highest BCUT2D eigenvalue weighted by molar-refractivity contribution is 5.18. The summed E-state index contributed by atoms with van der Waals surface area (Å²) in [4.78, 5) is 0. The number of hydrogen-bond donors (Lipinski definition) is 1. The lowest BCUT2D eigenvalue weighted by Crippen LogP contribution is -2.36. The molecule has 0 aliphatic heterocycles.